The van der Waals surface area contributed by atoms with Crippen molar-refractivity contribution in [3.8, 4) is 5.75 Å². The number of nitrogens with zero attached hydrogens (tertiary/aromatic N) is 2. The van der Waals surface area contributed by atoms with E-state index in [9.17, 15) is 19.2 Å². The van der Waals surface area contributed by atoms with Crippen LogP contribution in [0.3, 0.4) is 0 Å². The predicted octanol–water partition coefficient (Wildman–Crippen LogP) is 6.42. The first-order chi connectivity index (χ1) is 20.2. The van der Waals surface area contributed by atoms with Crippen LogP contribution < -0.4 is 19.8 Å². The van der Waals surface area contributed by atoms with Crippen molar-refractivity contribution < 1.29 is 19.1 Å². The number of fused-ring (bicyclic) bond motifs is 2. The number of methoxy groups -OCH3 is 1. The number of amides is 3. The van der Waals surface area contributed by atoms with Crippen LogP contribution in [0, 0.1) is 5.92 Å². The van der Waals surface area contributed by atoms with Crippen LogP contribution in [0.15, 0.2) is 81.0 Å². The molecule has 42 heavy (non-hydrogen) atoms. The van der Waals surface area contributed by atoms with E-state index < -0.39 is 23.0 Å². The second-order valence-corrected chi connectivity index (χ2v) is 13.4. The first-order valence-corrected chi connectivity index (χ1v) is 15.8. The highest BCUT2D eigenvalue weighted by atomic mass is 79.9. The smallest absolute Gasteiger partial charge is 0.308 e. The number of ether oxygens (including phenoxy) is 1. The Morgan fingerprint density at radius 3 is 2.45 bits per heavy atom. The van der Waals surface area contributed by atoms with Crippen LogP contribution in [0.2, 0.25) is 10.0 Å². The summed E-state index contributed by atoms with van der Waals surface area (Å²) in [6, 6.07) is 18.9. The maximum atomic E-state index is 14.0. The summed E-state index contributed by atoms with van der Waals surface area (Å²) in [5, 5.41) is 3.02. The number of halogens is 3. The maximum Gasteiger partial charge on any atom is 0.308 e. The molecule has 2 aliphatic heterocycles. The largest absolute Gasteiger partial charge is 0.496 e. The fourth-order valence-electron chi connectivity index (χ4n) is 5.28. The van der Waals surface area contributed by atoms with Gasteiger partial charge in [-0.15, -0.1) is 0 Å². The van der Waals surface area contributed by atoms with Crippen molar-refractivity contribution in [3.05, 3.63) is 101 Å². The van der Waals surface area contributed by atoms with Gasteiger partial charge in [-0.05, 0) is 48.5 Å². The molecule has 1 saturated heterocycles. The summed E-state index contributed by atoms with van der Waals surface area (Å²) >= 11 is 17.6. The van der Waals surface area contributed by atoms with Gasteiger partial charge in [-0.1, -0.05) is 80.4 Å². The van der Waals surface area contributed by atoms with Gasteiger partial charge in [0.2, 0.25) is 17.7 Å². The average Bonchev–Trinajstić information content (AvgIpc) is 3.41. The Morgan fingerprint density at radius 2 is 1.74 bits per heavy atom. The van der Waals surface area contributed by atoms with Gasteiger partial charge in [0.05, 0.1) is 33.8 Å². The fraction of sp³-hybridized carbons (Fsp3) is 0.172. The Balaban J connectivity index is 1.42. The molecule has 3 amide bonds. The van der Waals surface area contributed by atoms with Gasteiger partial charge >= 0.3 is 4.87 Å². The van der Waals surface area contributed by atoms with Crippen LogP contribution in [-0.2, 0) is 20.9 Å². The van der Waals surface area contributed by atoms with E-state index >= 15 is 0 Å². The number of hydrogen-bond acceptors (Lipinski definition) is 7. The molecule has 0 radical (unpaired) electrons. The third-order valence-corrected chi connectivity index (χ3v) is 11.0. The van der Waals surface area contributed by atoms with Gasteiger partial charge in [0.15, 0.2) is 0 Å². The van der Waals surface area contributed by atoms with Crippen LogP contribution >= 0.6 is 62.2 Å². The standard InChI is InChI=1S/C29H20BrCl2N3O5S2/c1-40-20-5-3-2-4-17(20)22-23-24(27(38)35(26(23)37)16-9-6-14(30)7-10-16)41-28-25(22)42-29(39)34(28)13-21(36)33-15-8-11-18(31)19(32)12-15/h2-12,22-24H,13H2,1H3,(H,33,36)/t22-,23?,24?/m1/s1. The highest BCUT2D eigenvalue weighted by molar-refractivity contribution is 9.10. The number of carbonyl (C=O) groups is 3. The van der Waals surface area contributed by atoms with E-state index in [1.54, 1.807) is 42.5 Å². The lowest BCUT2D eigenvalue weighted by Gasteiger charge is -2.31. The van der Waals surface area contributed by atoms with E-state index in [4.69, 9.17) is 27.9 Å². The van der Waals surface area contributed by atoms with Crippen LogP contribution in [-0.4, -0.2) is 34.6 Å². The molecule has 1 fully saturated rings. The van der Waals surface area contributed by atoms with Crippen molar-refractivity contribution in [1.29, 1.82) is 0 Å². The Hall–Kier alpha value is -3.09. The summed E-state index contributed by atoms with van der Waals surface area (Å²) < 4.78 is 7.82. The third kappa shape index (κ3) is 5.07. The monoisotopic (exact) mass is 703 g/mol. The van der Waals surface area contributed by atoms with Crippen LogP contribution in [0.5, 0.6) is 5.75 Å². The molecule has 3 heterocycles. The maximum absolute atomic E-state index is 14.0. The zero-order valence-corrected chi connectivity index (χ0v) is 26.4. The van der Waals surface area contributed by atoms with E-state index in [0.29, 0.717) is 37.6 Å². The molecule has 3 aromatic carbocycles. The molecular formula is C29H20BrCl2N3O5S2. The van der Waals surface area contributed by atoms with Crippen LogP contribution in [0.4, 0.5) is 11.4 Å². The number of thioether (sulfide) groups is 1. The van der Waals surface area contributed by atoms with Gasteiger partial charge in [0.25, 0.3) is 0 Å². The van der Waals surface area contributed by atoms with Crippen molar-refractivity contribution in [2.75, 3.05) is 17.3 Å². The molecule has 13 heteroatoms. The van der Waals surface area contributed by atoms with E-state index in [2.05, 4.69) is 21.2 Å². The van der Waals surface area contributed by atoms with E-state index in [1.807, 2.05) is 18.2 Å². The lowest BCUT2D eigenvalue weighted by atomic mass is 9.82. The minimum atomic E-state index is -0.818. The molecule has 1 N–H and O–H groups in total. The number of aromatic nitrogens is 1. The van der Waals surface area contributed by atoms with Gasteiger partial charge in [0, 0.05) is 26.5 Å². The number of carbonyl (C=O) groups excluding carboxylic acids is 3. The SMILES string of the molecule is COc1ccccc1[C@H]1c2sc(=O)n(CC(=O)Nc3ccc(Cl)c(Cl)c3)c2SC2C(=O)N(c3ccc(Br)cc3)C(=O)C21. The molecule has 4 aromatic rings. The van der Waals surface area contributed by atoms with Crippen molar-refractivity contribution in [2.24, 2.45) is 5.92 Å². The molecule has 0 spiro atoms. The number of thiazole rings is 1. The lowest BCUT2D eigenvalue weighted by molar-refractivity contribution is -0.122. The molecule has 0 saturated carbocycles. The summed E-state index contributed by atoms with van der Waals surface area (Å²) in [5.41, 5.74) is 1.57. The zero-order chi connectivity index (χ0) is 29.7. The second-order valence-electron chi connectivity index (χ2n) is 9.57. The van der Waals surface area contributed by atoms with Crippen LogP contribution in [0.1, 0.15) is 16.4 Å². The van der Waals surface area contributed by atoms with Gasteiger partial charge in [0.1, 0.15) is 17.5 Å². The molecular weight excluding hydrogens is 685 g/mol. The van der Waals surface area contributed by atoms with Gasteiger partial charge in [-0.2, -0.15) is 0 Å². The molecule has 2 unspecified atom stereocenters. The molecule has 2 aliphatic rings. The summed E-state index contributed by atoms with van der Waals surface area (Å²) in [6.45, 7) is -0.299. The fourth-order valence-corrected chi connectivity index (χ4v) is 8.60. The molecule has 1 aromatic heterocycles. The molecule has 214 valence electrons. The van der Waals surface area contributed by atoms with Crippen molar-refractivity contribution in [3.63, 3.8) is 0 Å². The summed E-state index contributed by atoms with van der Waals surface area (Å²) in [5.74, 6) is -2.09. The summed E-state index contributed by atoms with van der Waals surface area (Å²) in [6.07, 6.45) is 0. The Kier molecular flexibility index (Phi) is 7.97. The highest BCUT2D eigenvalue weighted by Crippen LogP contribution is 2.55. The number of hydrogen-bond donors (Lipinski definition) is 1. The summed E-state index contributed by atoms with van der Waals surface area (Å²) in [7, 11) is 1.53. The zero-order valence-electron chi connectivity index (χ0n) is 21.7. The average molecular weight is 705 g/mol. The van der Waals surface area contributed by atoms with Gasteiger partial charge in [-0.25, -0.2) is 4.90 Å². The first-order valence-electron chi connectivity index (χ1n) is 12.6. The van der Waals surface area contributed by atoms with E-state index in [1.165, 1.54) is 22.6 Å². The Morgan fingerprint density at radius 1 is 1.00 bits per heavy atom. The first kappa shape index (κ1) is 29.0. The molecule has 0 bridgehead atoms. The predicted molar refractivity (Wildman–Crippen MR) is 168 cm³/mol. The quantitative estimate of drug-likeness (QED) is 0.233. The topological polar surface area (TPSA) is 97.7 Å². The van der Waals surface area contributed by atoms with E-state index in [-0.39, 0.29) is 28.3 Å². The van der Waals surface area contributed by atoms with Crippen molar-refractivity contribution >= 4 is 91.3 Å². The second kappa shape index (κ2) is 11.5. The van der Waals surface area contributed by atoms with Gasteiger partial charge < -0.3 is 10.1 Å². The number of imide groups is 1. The number of benzene rings is 3. The number of nitrogens with one attached hydrogen (secondary N) is 1. The third-order valence-electron chi connectivity index (χ3n) is 7.11. The molecule has 6 rings (SSSR count). The van der Waals surface area contributed by atoms with Crippen LogP contribution in [0.25, 0.3) is 0 Å². The molecule has 8 nitrogen and oxygen atoms in total. The van der Waals surface area contributed by atoms with E-state index in [0.717, 1.165) is 27.6 Å². The minimum absolute atomic E-state index is 0.278. The summed E-state index contributed by atoms with van der Waals surface area (Å²) in [4.78, 5) is 55.8. The van der Waals surface area contributed by atoms with Gasteiger partial charge in [-0.3, -0.25) is 23.7 Å². The van der Waals surface area contributed by atoms with Crippen molar-refractivity contribution in [2.45, 2.75) is 22.7 Å². The number of anilines is 2. The number of rotatable bonds is 6. The Labute approximate surface area is 266 Å². The number of para-hydroxylation sites is 1. The normalized spacial score (nSPS) is 19.4. The van der Waals surface area contributed by atoms with Crippen molar-refractivity contribution in [1.82, 2.24) is 4.57 Å². The molecule has 0 aliphatic carbocycles. The molecule has 3 atom stereocenters. The lowest BCUT2D eigenvalue weighted by Crippen LogP contribution is -2.33. The highest BCUT2D eigenvalue weighted by Gasteiger charge is 2.57. The minimum Gasteiger partial charge on any atom is -0.496 e. The Bertz CT molecular complexity index is 1810.